The first-order valence-electron chi connectivity index (χ1n) is 6.40. The number of rotatable bonds is 2. The van der Waals surface area contributed by atoms with E-state index in [1.807, 2.05) is 0 Å². The summed E-state index contributed by atoms with van der Waals surface area (Å²) in [6.07, 6.45) is -8.95. The van der Waals surface area contributed by atoms with Gasteiger partial charge in [-0.3, -0.25) is 0 Å². The normalized spacial score (nSPS) is 12.2. The van der Waals surface area contributed by atoms with Crippen LogP contribution in [0.1, 0.15) is 22.3 Å². The molecule has 0 aliphatic heterocycles. The van der Waals surface area contributed by atoms with Gasteiger partial charge in [-0.25, -0.2) is 0 Å². The van der Waals surface area contributed by atoms with Gasteiger partial charge in [-0.15, -0.1) is 0 Å². The van der Waals surface area contributed by atoms with Gasteiger partial charge >= 0.3 is 149 Å². The minimum absolute atomic E-state index is 0.377. The van der Waals surface area contributed by atoms with Crippen LogP contribution in [0.5, 0.6) is 0 Å². The first-order chi connectivity index (χ1) is 11.0. The molecule has 2 aromatic rings. The molecule has 0 saturated heterocycles. The molecule has 0 saturated carbocycles. The fraction of sp³-hybridized carbons (Fsp3) is 0.133. The van der Waals surface area contributed by atoms with E-state index in [4.69, 9.17) is 17.0 Å². The number of hydrogen-bond donors (Lipinski definition) is 0. The predicted molar refractivity (Wildman–Crippen MR) is 77.8 cm³/mol. The van der Waals surface area contributed by atoms with E-state index >= 15 is 0 Å². The number of alkyl halides is 6. The molecule has 0 aliphatic carbocycles. The molecule has 24 heavy (non-hydrogen) atoms. The van der Waals surface area contributed by atoms with Gasteiger partial charge < -0.3 is 0 Å². The van der Waals surface area contributed by atoms with Gasteiger partial charge in [0.15, 0.2) is 0 Å². The van der Waals surface area contributed by atoms with Crippen molar-refractivity contribution in [2.45, 2.75) is 12.4 Å². The molecule has 0 fully saturated rings. The van der Waals surface area contributed by atoms with Crippen molar-refractivity contribution in [2.75, 3.05) is 0 Å². The quantitative estimate of drug-likeness (QED) is 0.463. The Bertz CT molecular complexity index is 682. The van der Waals surface area contributed by atoms with E-state index in [0.29, 0.717) is 14.3 Å². The van der Waals surface area contributed by atoms with Crippen LogP contribution in [0, 0.1) is 0 Å². The maximum absolute atomic E-state index is 12.6. The Balaban J connectivity index is 2.43. The zero-order chi connectivity index (χ0) is 18.1. The van der Waals surface area contributed by atoms with Gasteiger partial charge in [-0.1, -0.05) is 0 Å². The monoisotopic (exact) mass is 462 g/mol. The Morgan fingerprint density at radius 3 is 1.12 bits per heavy atom. The van der Waals surface area contributed by atoms with Crippen LogP contribution < -0.4 is 0 Å². The predicted octanol–water partition coefficient (Wildman–Crippen LogP) is 6.22. The third kappa shape index (κ3) is 4.71. The maximum atomic E-state index is 12.6. The summed E-state index contributed by atoms with van der Waals surface area (Å²) in [5, 5.41) is 0. The number of halogens is 8. The van der Waals surface area contributed by atoms with Gasteiger partial charge in [-0.2, -0.15) is 0 Å². The summed E-state index contributed by atoms with van der Waals surface area (Å²) in [5.41, 5.74) is -0.899. The molecule has 0 N–H and O–H groups in total. The van der Waals surface area contributed by atoms with Gasteiger partial charge in [0.1, 0.15) is 0 Å². The number of benzene rings is 2. The van der Waals surface area contributed by atoms with Crippen LogP contribution in [0.15, 0.2) is 48.5 Å². The molecule has 0 atom stereocenters. The second-order valence-electron chi connectivity index (χ2n) is 4.79. The molecule has 0 amide bonds. The van der Waals surface area contributed by atoms with E-state index in [0.717, 1.165) is 24.3 Å². The Kier molecular flexibility index (Phi) is 5.99. The van der Waals surface area contributed by atoms with E-state index in [-0.39, 0.29) is 0 Å². The van der Waals surface area contributed by atoms with Gasteiger partial charge in [-0.05, 0) is 0 Å². The molecule has 0 bridgehead atoms. The second-order valence-corrected chi connectivity index (χ2v) is 12.9. The van der Waals surface area contributed by atoms with Crippen molar-refractivity contribution in [3.63, 3.8) is 0 Å². The standard InChI is InChI=1S/C15H8F6.2ClH.Zr/c16-14(17,18)12-5-1-10(2-6-12)9-11-3-7-13(8-4-11)15(19,20)21;;;/h1-8H;2*1H;/q;;;+2/p-2. The summed E-state index contributed by atoms with van der Waals surface area (Å²) < 4.78 is 76.1. The first kappa shape index (κ1) is 19.7. The third-order valence-electron chi connectivity index (χ3n) is 3.19. The van der Waals surface area contributed by atoms with Crippen LogP contribution in [-0.2, 0) is 31.2 Å². The molecule has 0 aliphatic rings. The van der Waals surface area contributed by atoms with Crippen molar-refractivity contribution in [2.24, 2.45) is 0 Å². The van der Waals surface area contributed by atoms with Crippen LogP contribution >= 0.6 is 17.0 Å². The van der Waals surface area contributed by atoms with Crippen LogP contribution in [0.2, 0.25) is 0 Å². The summed E-state index contributed by atoms with van der Waals surface area (Å²) in [6, 6.07) is 8.45. The molecule has 128 valence electrons. The average molecular weight is 464 g/mol. The van der Waals surface area contributed by atoms with E-state index in [2.05, 4.69) is 0 Å². The minimum atomic E-state index is -4.48. The SMILES string of the molecule is FC(F)(F)c1ccc([C](c2ccc(C(F)(F)F)cc2)=[Zr]([Cl])[Cl])cc1. The van der Waals surface area contributed by atoms with Gasteiger partial charge in [0, 0.05) is 0 Å². The molecular weight excluding hydrogens is 456 g/mol. The molecule has 0 nitrogen and oxygen atoms in total. The van der Waals surface area contributed by atoms with E-state index in [1.165, 1.54) is 24.3 Å². The van der Waals surface area contributed by atoms with Gasteiger partial charge in [0.05, 0.1) is 0 Å². The van der Waals surface area contributed by atoms with Crippen LogP contribution in [0.3, 0.4) is 0 Å². The number of hydrogen-bond acceptors (Lipinski definition) is 0. The molecule has 0 heterocycles. The summed E-state index contributed by atoms with van der Waals surface area (Å²) >= 11 is -3.15. The molecular formula is C15H8Cl2F6Zr. The van der Waals surface area contributed by atoms with E-state index in [9.17, 15) is 26.3 Å². The average Bonchev–Trinajstić information content (AvgIpc) is 2.46. The molecule has 2 rings (SSSR count). The summed E-state index contributed by atoms with van der Waals surface area (Å²) in [6.45, 7) is 0. The first-order valence-corrected chi connectivity index (χ1v) is 14.0. The summed E-state index contributed by atoms with van der Waals surface area (Å²) in [7, 11) is 12.1. The van der Waals surface area contributed by atoms with Gasteiger partial charge in [0.2, 0.25) is 0 Å². The molecule has 0 radical (unpaired) electrons. The van der Waals surface area contributed by atoms with Crippen LogP contribution in [0.25, 0.3) is 0 Å². The Morgan fingerprint density at radius 2 is 0.917 bits per heavy atom. The zero-order valence-electron chi connectivity index (χ0n) is 11.6. The van der Waals surface area contributed by atoms with Crippen molar-refractivity contribution in [3.05, 3.63) is 70.8 Å². The molecule has 0 spiro atoms. The third-order valence-corrected chi connectivity index (χ3v) is 7.78. The molecule has 2 aromatic carbocycles. The second kappa shape index (κ2) is 7.30. The molecule has 0 unspecified atom stereocenters. The Labute approximate surface area is 148 Å². The van der Waals surface area contributed by atoms with Crippen molar-refractivity contribution < 1.29 is 45.2 Å². The Hall–Kier alpha value is -0.647. The van der Waals surface area contributed by atoms with Crippen molar-refractivity contribution in [1.82, 2.24) is 0 Å². The van der Waals surface area contributed by atoms with Crippen molar-refractivity contribution in [1.29, 1.82) is 0 Å². The van der Waals surface area contributed by atoms with Crippen molar-refractivity contribution >= 4 is 20.2 Å². The fourth-order valence-corrected chi connectivity index (χ4v) is 6.51. The van der Waals surface area contributed by atoms with Crippen LogP contribution in [0.4, 0.5) is 26.3 Å². The summed E-state index contributed by atoms with van der Waals surface area (Å²) in [4.78, 5) is 0. The molecule has 9 heteroatoms. The van der Waals surface area contributed by atoms with E-state index < -0.39 is 42.4 Å². The van der Waals surface area contributed by atoms with Crippen LogP contribution in [-0.4, -0.2) is 3.21 Å². The topological polar surface area (TPSA) is 0 Å². The summed E-state index contributed by atoms with van der Waals surface area (Å²) in [5.74, 6) is 0. The zero-order valence-corrected chi connectivity index (χ0v) is 15.6. The molecule has 0 aromatic heterocycles. The fourth-order valence-electron chi connectivity index (χ4n) is 2.04. The van der Waals surface area contributed by atoms with E-state index in [1.54, 1.807) is 0 Å². The Morgan fingerprint density at radius 1 is 0.625 bits per heavy atom. The van der Waals surface area contributed by atoms with Crippen molar-refractivity contribution in [3.8, 4) is 0 Å². The van der Waals surface area contributed by atoms with Gasteiger partial charge in [0.25, 0.3) is 0 Å².